The molecule has 0 radical (unpaired) electrons. The average molecular weight is 971 g/mol. The summed E-state index contributed by atoms with van der Waals surface area (Å²) < 4.78 is 1.00. The van der Waals surface area contributed by atoms with E-state index in [1.807, 2.05) is 125 Å². The molecule has 0 aliphatic carbocycles. The lowest BCUT2D eigenvalue weighted by Gasteiger charge is -2.35. The van der Waals surface area contributed by atoms with Crippen molar-refractivity contribution in [3.05, 3.63) is 124 Å². The van der Waals surface area contributed by atoms with E-state index in [9.17, 15) is 29.1 Å². The number of thiazole rings is 1. The first-order chi connectivity index (χ1) is 33.1. The van der Waals surface area contributed by atoms with E-state index in [1.54, 1.807) is 17.4 Å². The molecule has 16 heteroatoms. The Morgan fingerprint density at radius 1 is 0.841 bits per heavy atom. The molecule has 0 bridgehead atoms. The number of aliphatic hydroxyl groups excluding tert-OH is 1. The summed E-state index contributed by atoms with van der Waals surface area (Å²) >= 11 is 3.07. The molecule has 1 fully saturated rings. The van der Waals surface area contributed by atoms with Gasteiger partial charge >= 0.3 is 0 Å². The largest absolute Gasteiger partial charge is 0.391 e. The highest BCUT2D eigenvalue weighted by atomic mass is 32.1. The van der Waals surface area contributed by atoms with Crippen LogP contribution >= 0.6 is 22.7 Å². The Bertz CT molecular complexity index is 2780. The summed E-state index contributed by atoms with van der Waals surface area (Å²) in [5.74, 6) is -1.21. The van der Waals surface area contributed by atoms with Gasteiger partial charge in [0.15, 0.2) is 5.82 Å². The molecule has 3 aromatic carbocycles. The molecular weight excluding hydrogens is 909 g/mol. The summed E-state index contributed by atoms with van der Waals surface area (Å²) in [5, 5.41) is 28.6. The molecule has 1 unspecified atom stereocenters. The number of β-amino-alcohol motifs (C(OH)–C–C–N with tert-alkyl or cyclic N) is 1. The molecule has 4 atom stereocenters. The summed E-state index contributed by atoms with van der Waals surface area (Å²) in [5.41, 5.74) is 7.12. The lowest BCUT2D eigenvalue weighted by molar-refractivity contribution is -0.144. The number of rotatable bonds is 19. The number of unbranched alkanes of at least 4 members (excludes halogenated alkanes) is 4. The zero-order valence-corrected chi connectivity index (χ0v) is 41.7. The second kappa shape index (κ2) is 22.7. The van der Waals surface area contributed by atoms with Gasteiger partial charge in [0, 0.05) is 53.3 Å². The number of anilines is 3. The number of amides is 5. The maximum atomic E-state index is 14.1. The number of para-hydroxylation sites is 1. The van der Waals surface area contributed by atoms with Gasteiger partial charge in [-0.2, -0.15) is 0 Å². The Morgan fingerprint density at radius 2 is 1.57 bits per heavy atom. The molecule has 1 aliphatic rings. The van der Waals surface area contributed by atoms with Gasteiger partial charge in [0.2, 0.25) is 17.7 Å². The van der Waals surface area contributed by atoms with Gasteiger partial charge < -0.3 is 36.6 Å². The Hall–Kier alpha value is -6.49. The van der Waals surface area contributed by atoms with Crippen LogP contribution in [0.5, 0.6) is 0 Å². The van der Waals surface area contributed by atoms with Crippen LogP contribution in [0.15, 0.2) is 96.0 Å². The Labute approximate surface area is 411 Å². The number of thiophene rings is 1. The summed E-state index contributed by atoms with van der Waals surface area (Å²) in [7, 11) is 0. The highest BCUT2D eigenvalue weighted by molar-refractivity contribution is 7.17. The number of hydrogen-bond donors (Lipinski definition) is 6. The van der Waals surface area contributed by atoms with Crippen LogP contribution in [0, 0.1) is 19.3 Å². The summed E-state index contributed by atoms with van der Waals surface area (Å²) in [6.07, 6.45) is 4.75. The molecule has 1 aliphatic heterocycles. The first-order valence-electron chi connectivity index (χ1n) is 23.5. The third kappa shape index (κ3) is 12.8. The number of likely N-dealkylation sites (tertiary alicyclic amines) is 1. The first kappa shape index (κ1) is 50.4. The SMILES string of the molecule is Cc1ccccc1Nc1ncc(C(=O)NCCCCCCCC(=O)NC(C(=O)N2C[C@H](O)C[C@H]2C(=O)N[C@@H](C)c2ccc(-c3scnc3C)cc2)C(C)(C)C)cc1NC(=O)c1csc2ccccc12. The molecule has 6 N–H and O–H groups in total. The molecule has 0 spiro atoms. The lowest BCUT2D eigenvalue weighted by Crippen LogP contribution is -2.57. The van der Waals surface area contributed by atoms with E-state index in [0.29, 0.717) is 35.6 Å². The normalized spacial score (nSPS) is 15.6. The van der Waals surface area contributed by atoms with Crippen molar-refractivity contribution in [3.63, 3.8) is 0 Å². The van der Waals surface area contributed by atoms with Crippen molar-refractivity contribution in [1.29, 1.82) is 0 Å². The molecule has 0 saturated carbocycles. The van der Waals surface area contributed by atoms with E-state index in [2.05, 4.69) is 36.6 Å². The third-order valence-electron chi connectivity index (χ3n) is 12.4. The van der Waals surface area contributed by atoms with Crippen LogP contribution in [0.25, 0.3) is 20.5 Å². The van der Waals surface area contributed by atoms with Gasteiger partial charge in [-0.1, -0.05) is 101 Å². The number of pyridine rings is 1. The Balaban J connectivity index is 0.858. The third-order valence-corrected chi connectivity index (χ3v) is 14.4. The van der Waals surface area contributed by atoms with E-state index in [-0.39, 0.29) is 49.1 Å². The number of benzene rings is 3. The zero-order chi connectivity index (χ0) is 49.2. The van der Waals surface area contributed by atoms with Gasteiger partial charge in [0.05, 0.1) is 45.0 Å². The van der Waals surface area contributed by atoms with Gasteiger partial charge in [0.1, 0.15) is 12.1 Å². The molecule has 7 rings (SSSR count). The summed E-state index contributed by atoms with van der Waals surface area (Å²) in [4.78, 5) is 79.4. The molecule has 4 heterocycles. The van der Waals surface area contributed by atoms with E-state index in [4.69, 9.17) is 0 Å². The fourth-order valence-electron chi connectivity index (χ4n) is 8.46. The minimum atomic E-state index is -0.904. The van der Waals surface area contributed by atoms with Gasteiger partial charge in [0.25, 0.3) is 11.8 Å². The van der Waals surface area contributed by atoms with Gasteiger partial charge in [-0.25, -0.2) is 9.97 Å². The lowest BCUT2D eigenvalue weighted by atomic mass is 9.85. The minimum absolute atomic E-state index is 0.000723. The smallest absolute Gasteiger partial charge is 0.257 e. The van der Waals surface area contributed by atoms with Crippen molar-refractivity contribution in [2.75, 3.05) is 23.7 Å². The van der Waals surface area contributed by atoms with Gasteiger partial charge in [-0.3, -0.25) is 24.0 Å². The van der Waals surface area contributed by atoms with Gasteiger partial charge in [-0.05, 0) is 73.9 Å². The number of nitrogens with one attached hydrogen (secondary N) is 5. The Morgan fingerprint density at radius 3 is 2.30 bits per heavy atom. The summed E-state index contributed by atoms with van der Waals surface area (Å²) in [6.45, 7) is 11.9. The second-order valence-corrected chi connectivity index (χ2v) is 20.6. The van der Waals surface area contributed by atoms with Gasteiger partial charge in [-0.15, -0.1) is 22.7 Å². The van der Waals surface area contributed by atoms with Crippen LogP contribution in [-0.2, 0) is 14.4 Å². The van der Waals surface area contributed by atoms with Crippen molar-refractivity contribution < 1.29 is 29.1 Å². The quantitative estimate of drug-likeness (QED) is 0.0429. The van der Waals surface area contributed by atoms with Crippen LogP contribution in [0.4, 0.5) is 17.2 Å². The number of aromatic nitrogens is 2. The molecule has 1 saturated heterocycles. The highest BCUT2D eigenvalue weighted by Gasteiger charge is 2.44. The zero-order valence-electron chi connectivity index (χ0n) is 40.1. The monoisotopic (exact) mass is 970 g/mol. The van der Waals surface area contributed by atoms with Crippen molar-refractivity contribution in [1.82, 2.24) is 30.8 Å². The maximum Gasteiger partial charge on any atom is 0.257 e. The van der Waals surface area contributed by atoms with Crippen LogP contribution in [0.2, 0.25) is 0 Å². The standard InChI is InChI=1S/C53H62N8O6S2/c1-32-16-11-13-18-41(32)58-48-42(59-50(65)40-30-68-44-19-14-12-17-39(40)44)26-37(28-55-48)49(64)54-25-15-9-7-8-10-20-45(63)60-47(53(4,5)6)52(67)61-29-38(62)27-43(61)51(66)57-33(2)35-21-23-36(24-22-35)46-34(3)56-31-69-46/h11-14,16-19,21-24,26,28,30-31,33,38,43,47,62H,7-10,15,20,25,27,29H2,1-6H3,(H,54,64)(H,55,58)(H,57,66)(H,59,65)(H,60,63)/t33-,38+,43-,47?/m0/s1. The van der Waals surface area contributed by atoms with E-state index in [1.165, 1.54) is 22.4 Å². The van der Waals surface area contributed by atoms with Crippen molar-refractivity contribution >= 4 is 79.5 Å². The summed E-state index contributed by atoms with van der Waals surface area (Å²) in [6, 6.07) is 22.9. The van der Waals surface area contributed by atoms with Crippen LogP contribution in [0.1, 0.15) is 116 Å². The van der Waals surface area contributed by atoms with Crippen molar-refractivity contribution in [2.45, 2.75) is 111 Å². The predicted octanol–water partition coefficient (Wildman–Crippen LogP) is 9.47. The fraction of sp³-hybridized carbons (Fsp3) is 0.377. The number of carbonyl (C=O) groups excluding carboxylic acids is 5. The maximum absolute atomic E-state index is 14.1. The van der Waals surface area contributed by atoms with Crippen LogP contribution in [-0.4, -0.2) is 80.8 Å². The molecule has 5 amide bonds. The average Bonchev–Trinajstić information content (AvgIpc) is 4.08. The number of hydrogen-bond acceptors (Lipinski definition) is 11. The highest BCUT2D eigenvalue weighted by Crippen LogP contribution is 2.32. The minimum Gasteiger partial charge on any atom is -0.391 e. The van der Waals surface area contributed by atoms with Crippen LogP contribution < -0.4 is 26.6 Å². The number of aliphatic hydroxyl groups is 1. The van der Waals surface area contributed by atoms with Crippen molar-refractivity contribution in [2.24, 2.45) is 5.41 Å². The molecule has 14 nitrogen and oxygen atoms in total. The number of nitrogens with zero attached hydrogens (tertiary/aromatic N) is 3. The molecule has 3 aromatic heterocycles. The fourth-order valence-corrected chi connectivity index (χ4v) is 10.2. The van der Waals surface area contributed by atoms with E-state index < -0.39 is 29.5 Å². The first-order valence-corrected chi connectivity index (χ1v) is 25.3. The Kier molecular flexibility index (Phi) is 16.6. The van der Waals surface area contributed by atoms with Crippen LogP contribution in [0.3, 0.4) is 0 Å². The molecule has 6 aromatic rings. The van der Waals surface area contributed by atoms with Crippen molar-refractivity contribution in [3.8, 4) is 10.4 Å². The number of fused-ring (bicyclic) bond motifs is 1. The predicted molar refractivity (Wildman–Crippen MR) is 275 cm³/mol. The van der Waals surface area contributed by atoms with E-state index >= 15 is 0 Å². The second-order valence-electron chi connectivity index (χ2n) is 18.8. The molecular formula is C53H62N8O6S2. The number of carbonyl (C=O) groups is 5. The van der Waals surface area contributed by atoms with E-state index in [0.717, 1.165) is 68.7 Å². The molecule has 69 heavy (non-hydrogen) atoms. The number of aryl methyl sites for hydroxylation is 2. The topological polar surface area (TPSA) is 195 Å². The molecule has 362 valence electrons.